The number of phenols is 1. The maximum atomic E-state index is 12.9. The van der Waals surface area contributed by atoms with Gasteiger partial charge in [0.15, 0.2) is 0 Å². The Labute approximate surface area is 87.8 Å². The van der Waals surface area contributed by atoms with E-state index in [1.54, 1.807) is 0 Å². The third-order valence-corrected chi connectivity index (χ3v) is 2.28. The van der Waals surface area contributed by atoms with Crippen LogP contribution in [0, 0.1) is 5.82 Å². The average Bonchev–Trinajstić information content (AvgIpc) is 2.25. The molecule has 0 aliphatic heterocycles. The first kappa shape index (κ1) is 9.71. The lowest BCUT2D eigenvalue weighted by atomic mass is 10.0. The van der Waals surface area contributed by atoms with Crippen LogP contribution >= 0.6 is 0 Å². The van der Waals surface area contributed by atoms with Crippen molar-refractivity contribution < 1.29 is 9.50 Å². The molecule has 0 heterocycles. The molecule has 0 saturated heterocycles. The maximum absolute atomic E-state index is 12.9. The summed E-state index contributed by atoms with van der Waals surface area (Å²) in [6.45, 7) is 0. The van der Waals surface area contributed by atoms with Gasteiger partial charge in [-0.25, -0.2) is 4.39 Å². The summed E-state index contributed by atoms with van der Waals surface area (Å²) in [6, 6.07) is 13.7. The zero-order chi connectivity index (χ0) is 10.7. The molecule has 2 heteroatoms. The van der Waals surface area contributed by atoms with Gasteiger partial charge in [-0.3, -0.25) is 0 Å². The highest BCUT2D eigenvalue weighted by Gasteiger charge is 2.03. The molecule has 2 aromatic rings. The average molecular weight is 202 g/mol. The van der Waals surface area contributed by atoms with Crippen LogP contribution in [0.15, 0.2) is 48.5 Å². The van der Waals surface area contributed by atoms with Crippen LogP contribution in [0.2, 0.25) is 0 Å². The Morgan fingerprint density at radius 1 is 1.00 bits per heavy atom. The maximum Gasteiger partial charge on any atom is 0.123 e. The first-order valence-electron chi connectivity index (χ1n) is 4.77. The Hall–Kier alpha value is -1.83. The molecule has 2 rings (SSSR count). The molecule has 0 aliphatic carbocycles. The van der Waals surface area contributed by atoms with Crippen LogP contribution in [-0.2, 0) is 6.42 Å². The highest BCUT2D eigenvalue weighted by Crippen LogP contribution is 2.20. The van der Waals surface area contributed by atoms with E-state index in [9.17, 15) is 9.50 Å². The predicted octanol–water partition coefficient (Wildman–Crippen LogP) is 3.12. The summed E-state index contributed by atoms with van der Waals surface area (Å²) in [6.07, 6.45) is 0.546. The number of hydrogen-bond acceptors (Lipinski definition) is 1. The molecule has 0 atom stereocenters. The molecule has 0 bridgehead atoms. The number of phenolic OH excluding ortho intramolecular Hbond substituents is 1. The number of benzene rings is 2. The van der Waals surface area contributed by atoms with E-state index in [1.807, 2.05) is 30.3 Å². The minimum Gasteiger partial charge on any atom is -0.508 e. The summed E-state index contributed by atoms with van der Waals surface area (Å²) in [5, 5.41) is 9.53. The van der Waals surface area contributed by atoms with Gasteiger partial charge < -0.3 is 5.11 Å². The van der Waals surface area contributed by atoms with Crippen LogP contribution in [0.1, 0.15) is 11.1 Å². The molecule has 0 fully saturated rings. The van der Waals surface area contributed by atoms with Gasteiger partial charge in [0, 0.05) is 12.0 Å². The fraction of sp³-hybridized carbons (Fsp3) is 0.0769. The first-order valence-corrected chi connectivity index (χ1v) is 4.77. The molecule has 0 radical (unpaired) electrons. The van der Waals surface area contributed by atoms with E-state index in [0.717, 1.165) is 5.56 Å². The Morgan fingerprint density at radius 3 is 2.47 bits per heavy atom. The van der Waals surface area contributed by atoms with Gasteiger partial charge in [-0.05, 0) is 23.8 Å². The van der Waals surface area contributed by atoms with E-state index in [0.29, 0.717) is 12.0 Å². The monoisotopic (exact) mass is 202 g/mol. The van der Waals surface area contributed by atoms with Crippen molar-refractivity contribution in [3.63, 3.8) is 0 Å². The molecule has 0 amide bonds. The van der Waals surface area contributed by atoms with E-state index in [4.69, 9.17) is 0 Å². The summed E-state index contributed by atoms with van der Waals surface area (Å²) in [5.74, 6) is -0.181. The van der Waals surface area contributed by atoms with Crippen LogP contribution in [0.4, 0.5) is 4.39 Å². The van der Waals surface area contributed by atoms with Crippen molar-refractivity contribution in [2.45, 2.75) is 6.42 Å². The van der Waals surface area contributed by atoms with E-state index in [1.165, 1.54) is 18.2 Å². The zero-order valence-corrected chi connectivity index (χ0v) is 8.15. The Bertz CT molecular complexity index is 451. The number of rotatable bonds is 2. The SMILES string of the molecule is Oc1ccc(F)cc1Cc1ccccc1. The Morgan fingerprint density at radius 2 is 1.73 bits per heavy atom. The molecule has 1 N–H and O–H groups in total. The highest BCUT2D eigenvalue weighted by molar-refractivity contribution is 5.36. The van der Waals surface area contributed by atoms with Gasteiger partial charge in [0.05, 0.1) is 0 Å². The summed E-state index contributed by atoms with van der Waals surface area (Å²) >= 11 is 0. The smallest absolute Gasteiger partial charge is 0.123 e. The van der Waals surface area contributed by atoms with Crippen LogP contribution in [0.25, 0.3) is 0 Å². The van der Waals surface area contributed by atoms with Crippen molar-refractivity contribution in [2.75, 3.05) is 0 Å². The molecule has 15 heavy (non-hydrogen) atoms. The molecule has 0 aromatic heterocycles. The Balaban J connectivity index is 2.28. The van der Waals surface area contributed by atoms with Crippen molar-refractivity contribution in [1.29, 1.82) is 0 Å². The second-order valence-corrected chi connectivity index (χ2v) is 3.44. The first-order chi connectivity index (χ1) is 7.25. The third-order valence-electron chi connectivity index (χ3n) is 2.28. The normalized spacial score (nSPS) is 10.2. The van der Waals surface area contributed by atoms with Crippen molar-refractivity contribution in [3.8, 4) is 5.75 Å². The van der Waals surface area contributed by atoms with Gasteiger partial charge in [0.25, 0.3) is 0 Å². The lowest BCUT2D eigenvalue weighted by molar-refractivity contribution is 0.467. The van der Waals surface area contributed by atoms with Gasteiger partial charge in [0.2, 0.25) is 0 Å². The zero-order valence-electron chi connectivity index (χ0n) is 8.15. The number of halogens is 1. The molecule has 0 saturated carbocycles. The molecular formula is C13H11FO. The van der Waals surface area contributed by atoms with Crippen molar-refractivity contribution >= 4 is 0 Å². The second kappa shape index (κ2) is 4.13. The highest BCUT2D eigenvalue weighted by atomic mass is 19.1. The van der Waals surface area contributed by atoms with Crippen molar-refractivity contribution in [2.24, 2.45) is 0 Å². The number of aromatic hydroxyl groups is 1. The van der Waals surface area contributed by atoms with Crippen LogP contribution in [0.5, 0.6) is 5.75 Å². The third kappa shape index (κ3) is 2.34. The summed E-state index contributed by atoms with van der Waals surface area (Å²) in [4.78, 5) is 0. The van der Waals surface area contributed by atoms with Crippen LogP contribution in [-0.4, -0.2) is 5.11 Å². The van der Waals surface area contributed by atoms with E-state index >= 15 is 0 Å². The quantitative estimate of drug-likeness (QED) is 0.793. The topological polar surface area (TPSA) is 20.2 Å². The second-order valence-electron chi connectivity index (χ2n) is 3.44. The summed E-state index contributed by atoms with van der Waals surface area (Å²) < 4.78 is 12.9. The lowest BCUT2D eigenvalue weighted by Crippen LogP contribution is -1.89. The summed E-state index contributed by atoms with van der Waals surface area (Å²) in [7, 11) is 0. The van der Waals surface area contributed by atoms with Crippen molar-refractivity contribution in [3.05, 3.63) is 65.5 Å². The standard InChI is InChI=1S/C13H11FO/c14-12-6-7-13(15)11(9-12)8-10-4-2-1-3-5-10/h1-7,9,15H,8H2. The van der Waals surface area contributed by atoms with Gasteiger partial charge in [0.1, 0.15) is 11.6 Å². The molecule has 0 aliphatic rings. The minimum atomic E-state index is -0.321. The minimum absolute atomic E-state index is 0.139. The number of hydrogen-bond donors (Lipinski definition) is 1. The van der Waals surface area contributed by atoms with Crippen LogP contribution < -0.4 is 0 Å². The molecule has 1 nitrogen and oxygen atoms in total. The van der Waals surface area contributed by atoms with Crippen molar-refractivity contribution in [1.82, 2.24) is 0 Å². The molecule has 0 unspecified atom stereocenters. The van der Waals surface area contributed by atoms with E-state index in [2.05, 4.69) is 0 Å². The lowest BCUT2D eigenvalue weighted by Gasteiger charge is -2.04. The molecular weight excluding hydrogens is 191 g/mol. The van der Waals surface area contributed by atoms with Crippen LogP contribution in [0.3, 0.4) is 0 Å². The largest absolute Gasteiger partial charge is 0.508 e. The van der Waals surface area contributed by atoms with E-state index < -0.39 is 0 Å². The van der Waals surface area contributed by atoms with Gasteiger partial charge >= 0.3 is 0 Å². The molecule has 2 aromatic carbocycles. The van der Waals surface area contributed by atoms with Gasteiger partial charge in [-0.2, -0.15) is 0 Å². The molecule has 0 spiro atoms. The summed E-state index contributed by atoms with van der Waals surface area (Å²) in [5.41, 5.74) is 1.67. The predicted molar refractivity (Wildman–Crippen MR) is 57.3 cm³/mol. The fourth-order valence-electron chi connectivity index (χ4n) is 1.51. The molecule has 76 valence electrons. The van der Waals surface area contributed by atoms with Gasteiger partial charge in [-0.1, -0.05) is 30.3 Å². The van der Waals surface area contributed by atoms with Gasteiger partial charge in [-0.15, -0.1) is 0 Å². The Kier molecular flexibility index (Phi) is 2.68. The van der Waals surface area contributed by atoms with E-state index in [-0.39, 0.29) is 11.6 Å². The fourth-order valence-corrected chi connectivity index (χ4v) is 1.51.